The van der Waals surface area contributed by atoms with E-state index < -0.39 is 12.0 Å². The molecule has 0 bridgehead atoms. The summed E-state index contributed by atoms with van der Waals surface area (Å²) in [7, 11) is 0. The zero-order valence-corrected chi connectivity index (χ0v) is 24.3. The minimum absolute atomic E-state index is 0.0291. The number of anilines is 2. The SMILES string of the molecule is O=C(c1ccccc1)c1ccccc1N[C@@H](Cc1ccc(OCCN(C(=O)C2CCCC2)c2ccc(F)cc2)cc1)C(=O)O. The van der Waals surface area contributed by atoms with Gasteiger partial charge in [-0.1, -0.05) is 67.4 Å². The maximum absolute atomic E-state index is 13.5. The van der Waals surface area contributed by atoms with Crippen molar-refractivity contribution in [3.63, 3.8) is 0 Å². The van der Waals surface area contributed by atoms with Gasteiger partial charge in [-0.2, -0.15) is 0 Å². The number of aliphatic carboxylic acids is 1. The van der Waals surface area contributed by atoms with Crippen molar-refractivity contribution >= 4 is 29.0 Å². The smallest absolute Gasteiger partial charge is 0.326 e. The van der Waals surface area contributed by atoms with Crippen LogP contribution in [0.3, 0.4) is 0 Å². The molecule has 1 aliphatic carbocycles. The Balaban J connectivity index is 1.21. The quantitative estimate of drug-likeness (QED) is 0.166. The van der Waals surface area contributed by atoms with Crippen LogP contribution in [0.1, 0.15) is 47.2 Å². The van der Waals surface area contributed by atoms with E-state index >= 15 is 0 Å². The van der Waals surface area contributed by atoms with Crippen molar-refractivity contribution in [2.75, 3.05) is 23.4 Å². The first-order chi connectivity index (χ1) is 21.4. The summed E-state index contributed by atoms with van der Waals surface area (Å²) in [6, 6.07) is 27.8. The second kappa shape index (κ2) is 14.5. The van der Waals surface area contributed by atoms with Crippen molar-refractivity contribution in [2.45, 2.75) is 38.1 Å². The van der Waals surface area contributed by atoms with Crippen molar-refractivity contribution in [3.05, 3.63) is 126 Å². The molecule has 1 aliphatic rings. The lowest BCUT2D eigenvalue weighted by molar-refractivity contribution is -0.137. The predicted molar refractivity (Wildman–Crippen MR) is 168 cm³/mol. The second-order valence-electron chi connectivity index (χ2n) is 10.9. The maximum Gasteiger partial charge on any atom is 0.326 e. The number of hydrogen-bond donors (Lipinski definition) is 2. The fourth-order valence-electron chi connectivity index (χ4n) is 5.53. The molecule has 4 aromatic rings. The van der Waals surface area contributed by atoms with E-state index in [1.165, 1.54) is 12.1 Å². The van der Waals surface area contributed by atoms with E-state index in [0.717, 1.165) is 31.2 Å². The molecule has 1 fully saturated rings. The van der Waals surface area contributed by atoms with E-state index in [-0.39, 0.29) is 36.5 Å². The molecule has 0 heterocycles. The van der Waals surface area contributed by atoms with Gasteiger partial charge < -0.3 is 20.1 Å². The second-order valence-corrected chi connectivity index (χ2v) is 10.9. The number of nitrogens with zero attached hydrogens (tertiary/aromatic N) is 1. The Labute approximate surface area is 256 Å². The molecule has 1 atom stereocenters. The number of carboxylic acid groups (broad SMARTS) is 1. The van der Waals surface area contributed by atoms with Crippen LogP contribution in [0.2, 0.25) is 0 Å². The number of para-hydroxylation sites is 1. The van der Waals surface area contributed by atoms with Crippen LogP contribution in [0.15, 0.2) is 103 Å². The minimum Gasteiger partial charge on any atom is -0.492 e. The molecule has 0 aromatic heterocycles. The Kier molecular flexibility index (Phi) is 10.0. The monoisotopic (exact) mass is 594 g/mol. The van der Waals surface area contributed by atoms with Gasteiger partial charge in [-0.05, 0) is 66.9 Å². The molecule has 44 heavy (non-hydrogen) atoms. The molecular weight excluding hydrogens is 559 g/mol. The summed E-state index contributed by atoms with van der Waals surface area (Å²) in [5.74, 6) is -1.00. The van der Waals surface area contributed by atoms with Crippen LogP contribution in [0.25, 0.3) is 0 Å². The molecule has 226 valence electrons. The van der Waals surface area contributed by atoms with Gasteiger partial charge in [0.05, 0.1) is 6.54 Å². The number of rotatable bonds is 13. The largest absolute Gasteiger partial charge is 0.492 e. The number of carbonyl (C=O) groups excluding carboxylic acids is 2. The molecule has 0 radical (unpaired) electrons. The van der Waals surface area contributed by atoms with Crippen LogP contribution in [0.4, 0.5) is 15.8 Å². The van der Waals surface area contributed by atoms with Crippen LogP contribution in [0.5, 0.6) is 5.75 Å². The Hall–Kier alpha value is -4.98. The standard InChI is InChI=1S/C36H35FN2O5/c37-28-16-18-29(19-17-28)39(35(41)27-10-4-5-11-27)22-23-44-30-20-14-25(15-21-30)24-33(36(42)43)38-32-13-7-6-12-31(32)34(40)26-8-2-1-3-9-26/h1-3,6-9,12-21,27,33,38H,4-5,10-11,22-24H2,(H,42,43)/t33-/m0/s1. The van der Waals surface area contributed by atoms with Crippen molar-refractivity contribution in [3.8, 4) is 5.75 Å². The number of ether oxygens (including phenoxy) is 1. The summed E-state index contributed by atoms with van der Waals surface area (Å²) in [6.45, 7) is 0.551. The summed E-state index contributed by atoms with van der Waals surface area (Å²) in [5, 5.41) is 13.0. The number of carbonyl (C=O) groups is 3. The number of nitrogens with one attached hydrogen (secondary N) is 1. The van der Waals surface area contributed by atoms with Crippen molar-refractivity contribution in [1.29, 1.82) is 0 Å². The van der Waals surface area contributed by atoms with Crippen LogP contribution >= 0.6 is 0 Å². The first-order valence-corrected chi connectivity index (χ1v) is 14.9. The summed E-state index contributed by atoms with van der Waals surface area (Å²) >= 11 is 0. The Bertz CT molecular complexity index is 1570. The third-order valence-corrected chi connectivity index (χ3v) is 7.89. The zero-order valence-electron chi connectivity index (χ0n) is 24.3. The molecule has 4 aromatic carbocycles. The highest BCUT2D eigenvalue weighted by atomic mass is 19.1. The first-order valence-electron chi connectivity index (χ1n) is 14.9. The van der Waals surface area contributed by atoms with Gasteiger partial charge in [0.25, 0.3) is 0 Å². The Morgan fingerprint density at radius 1 is 0.864 bits per heavy atom. The topological polar surface area (TPSA) is 95.9 Å². The predicted octanol–water partition coefficient (Wildman–Crippen LogP) is 6.77. The summed E-state index contributed by atoms with van der Waals surface area (Å²) in [5.41, 5.74) is 2.78. The van der Waals surface area contributed by atoms with Gasteiger partial charge in [0.15, 0.2) is 5.78 Å². The molecule has 1 amide bonds. The number of halogens is 1. The van der Waals surface area contributed by atoms with Crippen LogP contribution in [0, 0.1) is 11.7 Å². The molecule has 0 saturated heterocycles. The number of amides is 1. The molecule has 5 rings (SSSR count). The average molecular weight is 595 g/mol. The van der Waals surface area contributed by atoms with Gasteiger partial charge in [0.1, 0.15) is 24.2 Å². The van der Waals surface area contributed by atoms with Gasteiger partial charge in [-0.3, -0.25) is 9.59 Å². The summed E-state index contributed by atoms with van der Waals surface area (Å²) < 4.78 is 19.5. The molecular formula is C36H35FN2O5. The lowest BCUT2D eigenvalue weighted by Gasteiger charge is -2.26. The normalized spacial score (nSPS) is 13.7. The summed E-state index contributed by atoms with van der Waals surface area (Å²) in [4.78, 5) is 40.2. The van der Waals surface area contributed by atoms with Gasteiger partial charge in [-0.15, -0.1) is 0 Å². The third kappa shape index (κ3) is 7.69. The maximum atomic E-state index is 13.5. The van der Waals surface area contributed by atoms with Crippen molar-refractivity contribution in [2.24, 2.45) is 5.92 Å². The molecule has 1 saturated carbocycles. The van der Waals surface area contributed by atoms with Gasteiger partial charge >= 0.3 is 5.97 Å². The number of carboxylic acids is 1. The third-order valence-electron chi connectivity index (χ3n) is 7.89. The van der Waals surface area contributed by atoms with Crippen molar-refractivity contribution < 1.29 is 28.6 Å². The zero-order chi connectivity index (χ0) is 30.9. The summed E-state index contributed by atoms with van der Waals surface area (Å²) in [6.07, 6.45) is 3.97. The lowest BCUT2D eigenvalue weighted by Crippen LogP contribution is -2.38. The number of hydrogen-bond acceptors (Lipinski definition) is 5. The minimum atomic E-state index is -1.04. The molecule has 0 aliphatic heterocycles. The van der Waals surface area contributed by atoms with E-state index in [4.69, 9.17) is 4.74 Å². The van der Waals surface area contributed by atoms with Crippen LogP contribution in [-0.2, 0) is 16.0 Å². The van der Waals surface area contributed by atoms with Gasteiger partial charge in [0, 0.05) is 34.8 Å². The number of benzene rings is 4. The Morgan fingerprint density at radius 3 is 2.20 bits per heavy atom. The molecule has 2 N–H and O–H groups in total. The van der Waals surface area contributed by atoms with Crippen LogP contribution < -0.4 is 15.0 Å². The average Bonchev–Trinajstić information content (AvgIpc) is 3.60. The molecule has 0 spiro atoms. The van der Waals surface area contributed by atoms with Crippen LogP contribution in [-0.4, -0.2) is 42.0 Å². The molecule has 8 heteroatoms. The Morgan fingerprint density at radius 2 is 1.52 bits per heavy atom. The van der Waals surface area contributed by atoms with Gasteiger partial charge in [-0.25, -0.2) is 9.18 Å². The first kappa shape index (κ1) is 30.5. The molecule has 7 nitrogen and oxygen atoms in total. The van der Waals surface area contributed by atoms with E-state index in [2.05, 4.69) is 5.32 Å². The van der Waals surface area contributed by atoms with E-state index in [1.807, 2.05) is 6.07 Å². The highest BCUT2D eigenvalue weighted by molar-refractivity contribution is 6.12. The van der Waals surface area contributed by atoms with E-state index in [1.54, 1.807) is 89.8 Å². The number of ketones is 1. The van der Waals surface area contributed by atoms with Gasteiger partial charge in [0.2, 0.25) is 5.91 Å². The van der Waals surface area contributed by atoms with E-state index in [0.29, 0.717) is 34.8 Å². The molecule has 0 unspecified atom stereocenters. The highest BCUT2D eigenvalue weighted by Crippen LogP contribution is 2.29. The fraction of sp³-hybridized carbons (Fsp3) is 0.250. The lowest BCUT2D eigenvalue weighted by atomic mass is 10.00. The van der Waals surface area contributed by atoms with E-state index in [9.17, 15) is 23.9 Å². The fourth-order valence-corrected chi connectivity index (χ4v) is 5.53. The van der Waals surface area contributed by atoms with Crippen molar-refractivity contribution in [1.82, 2.24) is 0 Å². The highest BCUT2D eigenvalue weighted by Gasteiger charge is 2.28.